The quantitative estimate of drug-likeness (QED) is 0.799. The van der Waals surface area contributed by atoms with Crippen molar-refractivity contribution in [1.29, 1.82) is 0 Å². The predicted molar refractivity (Wildman–Crippen MR) is 93.8 cm³/mol. The number of aromatic nitrogens is 3. The molecule has 0 amide bonds. The van der Waals surface area contributed by atoms with Crippen LogP contribution in [0.15, 0.2) is 35.1 Å². The van der Waals surface area contributed by atoms with E-state index in [0.717, 1.165) is 11.1 Å². The summed E-state index contributed by atoms with van der Waals surface area (Å²) in [5.41, 5.74) is 1.67. The monoisotopic (exact) mass is 326 g/mol. The van der Waals surface area contributed by atoms with Crippen LogP contribution in [0.25, 0.3) is 22.2 Å². The zero-order valence-electron chi connectivity index (χ0n) is 13.9. The van der Waals surface area contributed by atoms with Gasteiger partial charge in [-0.3, -0.25) is 9.36 Å². The molecule has 0 atom stereocenters. The minimum absolute atomic E-state index is 0.254. The first-order chi connectivity index (χ1) is 11.6. The summed E-state index contributed by atoms with van der Waals surface area (Å²) < 4.78 is 15.7. The van der Waals surface area contributed by atoms with E-state index < -0.39 is 5.82 Å². The van der Waals surface area contributed by atoms with Crippen molar-refractivity contribution in [2.24, 2.45) is 0 Å². The van der Waals surface area contributed by atoms with Crippen LogP contribution < -0.4 is 10.9 Å². The summed E-state index contributed by atoms with van der Waals surface area (Å²) in [6, 6.07) is 7.98. The van der Waals surface area contributed by atoms with Gasteiger partial charge in [-0.05, 0) is 32.9 Å². The van der Waals surface area contributed by atoms with Gasteiger partial charge in [0.25, 0.3) is 5.56 Å². The van der Waals surface area contributed by atoms with Crippen LogP contribution in [0.1, 0.15) is 19.5 Å². The van der Waals surface area contributed by atoms with Crippen LogP contribution in [0.3, 0.4) is 0 Å². The largest absolute Gasteiger partial charge is 0.354 e. The van der Waals surface area contributed by atoms with Crippen molar-refractivity contribution in [3.8, 4) is 11.1 Å². The van der Waals surface area contributed by atoms with Gasteiger partial charge in [0.1, 0.15) is 11.5 Å². The predicted octanol–water partition coefficient (Wildman–Crippen LogP) is 3.36. The Hall–Kier alpha value is -2.76. The Kier molecular flexibility index (Phi) is 4.29. The Balaban J connectivity index is 2.37. The van der Waals surface area contributed by atoms with Gasteiger partial charge in [0.2, 0.25) is 5.95 Å². The molecule has 1 aromatic carbocycles. The number of anilines is 1. The van der Waals surface area contributed by atoms with Gasteiger partial charge >= 0.3 is 0 Å². The molecule has 0 saturated carbocycles. The highest BCUT2D eigenvalue weighted by molar-refractivity contribution is 5.84. The first-order valence-electron chi connectivity index (χ1n) is 7.97. The van der Waals surface area contributed by atoms with E-state index in [1.807, 2.05) is 20.8 Å². The number of hydrogen-bond donors (Lipinski definition) is 1. The molecule has 1 N–H and O–H groups in total. The van der Waals surface area contributed by atoms with Gasteiger partial charge in [0.15, 0.2) is 0 Å². The van der Waals surface area contributed by atoms with Crippen molar-refractivity contribution < 1.29 is 4.39 Å². The lowest BCUT2D eigenvalue weighted by Crippen LogP contribution is -2.23. The number of aryl methyl sites for hydroxylation is 2. The SMILES string of the molecule is CCNc1nc(C)c2cc(-c3ccccc3F)c(=O)n(CC)c2n1. The molecule has 2 aromatic heterocycles. The summed E-state index contributed by atoms with van der Waals surface area (Å²) in [4.78, 5) is 21.7. The zero-order chi connectivity index (χ0) is 17.3. The molecule has 5 nitrogen and oxygen atoms in total. The maximum Gasteiger partial charge on any atom is 0.260 e. The molecule has 124 valence electrons. The van der Waals surface area contributed by atoms with Gasteiger partial charge in [0.05, 0.1) is 11.3 Å². The van der Waals surface area contributed by atoms with Gasteiger partial charge in [-0.2, -0.15) is 4.98 Å². The minimum atomic E-state index is -0.417. The Morgan fingerprint density at radius 2 is 1.92 bits per heavy atom. The molecule has 0 aliphatic heterocycles. The molecular formula is C18H19FN4O. The summed E-state index contributed by atoms with van der Waals surface area (Å²) in [6.07, 6.45) is 0. The van der Waals surface area contributed by atoms with Crippen molar-refractivity contribution in [3.05, 3.63) is 52.2 Å². The summed E-state index contributed by atoms with van der Waals surface area (Å²) in [6.45, 7) is 6.82. The van der Waals surface area contributed by atoms with E-state index in [0.29, 0.717) is 35.8 Å². The van der Waals surface area contributed by atoms with E-state index in [-0.39, 0.29) is 5.56 Å². The van der Waals surface area contributed by atoms with E-state index in [1.54, 1.807) is 28.8 Å². The van der Waals surface area contributed by atoms with Gasteiger partial charge < -0.3 is 5.32 Å². The molecule has 0 spiro atoms. The second-order valence-electron chi connectivity index (χ2n) is 5.49. The molecule has 0 fully saturated rings. The molecule has 0 aliphatic carbocycles. The Morgan fingerprint density at radius 3 is 2.58 bits per heavy atom. The van der Waals surface area contributed by atoms with E-state index in [4.69, 9.17) is 0 Å². The summed E-state index contributed by atoms with van der Waals surface area (Å²) in [7, 11) is 0. The molecule has 2 heterocycles. The van der Waals surface area contributed by atoms with Crippen molar-refractivity contribution >= 4 is 17.0 Å². The lowest BCUT2D eigenvalue weighted by molar-refractivity contribution is 0.630. The van der Waals surface area contributed by atoms with E-state index in [9.17, 15) is 9.18 Å². The van der Waals surface area contributed by atoms with Crippen LogP contribution in [0.2, 0.25) is 0 Å². The van der Waals surface area contributed by atoms with Crippen molar-refractivity contribution in [2.45, 2.75) is 27.3 Å². The van der Waals surface area contributed by atoms with Gasteiger partial charge in [-0.1, -0.05) is 18.2 Å². The Morgan fingerprint density at radius 1 is 1.17 bits per heavy atom. The smallest absolute Gasteiger partial charge is 0.260 e. The van der Waals surface area contributed by atoms with Gasteiger partial charge in [0, 0.05) is 24.0 Å². The number of benzene rings is 1. The lowest BCUT2D eigenvalue weighted by Gasteiger charge is -2.13. The molecule has 0 bridgehead atoms. The molecule has 6 heteroatoms. The van der Waals surface area contributed by atoms with Crippen LogP contribution in [0.5, 0.6) is 0 Å². The third-order valence-corrected chi connectivity index (χ3v) is 3.95. The molecule has 0 radical (unpaired) electrons. The van der Waals surface area contributed by atoms with Crippen molar-refractivity contribution in [3.63, 3.8) is 0 Å². The highest BCUT2D eigenvalue weighted by Crippen LogP contribution is 2.24. The molecule has 0 unspecified atom stereocenters. The average molecular weight is 326 g/mol. The second-order valence-corrected chi connectivity index (χ2v) is 5.49. The van der Waals surface area contributed by atoms with Crippen LogP contribution in [-0.2, 0) is 6.54 Å². The second kappa shape index (κ2) is 6.39. The highest BCUT2D eigenvalue weighted by atomic mass is 19.1. The summed E-state index contributed by atoms with van der Waals surface area (Å²) in [5, 5.41) is 3.82. The number of hydrogen-bond acceptors (Lipinski definition) is 4. The third kappa shape index (κ3) is 2.64. The fraction of sp³-hybridized carbons (Fsp3) is 0.278. The molecule has 3 aromatic rings. The summed E-state index contributed by atoms with van der Waals surface area (Å²) in [5.74, 6) is 0.0715. The fourth-order valence-corrected chi connectivity index (χ4v) is 2.79. The number of rotatable bonds is 4. The number of nitrogens with one attached hydrogen (secondary N) is 1. The maximum atomic E-state index is 14.2. The van der Waals surface area contributed by atoms with E-state index >= 15 is 0 Å². The summed E-state index contributed by atoms with van der Waals surface area (Å²) >= 11 is 0. The van der Waals surface area contributed by atoms with Crippen LogP contribution in [-0.4, -0.2) is 21.1 Å². The first-order valence-corrected chi connectivity index (χ1v) is 7.97. The first kappa shape index (κ1) is 16.1. The van der Waals surface area contributed by atoms with Crippen LogP contribution in [0, 0.1) is 12.7 Å². The third-order valence-electron chi connectivity index (χ3n) is 3.95. The average Bonchev–Trinajstić information content (AvgIpc) is 2.56. The van der Waals surface area contributed by atoms with Crippen molar-refractivity contribution in [1.82, 2.24) is 14.5 Å². The molecular weight excluding hydrogens is 307 g/mol. The number of halogens is 1. The maximum absolute atomic E-state index is 14.2. The normalized spacial score (nSPS) is 11.0. The Labute approximate surface area is 139 Å². The number of nitrogens with zero attached hydrogens (tertiary/aromatic N) is 3. The topological polar surface area (TPSA) is 59.8 Å². The lowest BCUT2D eigenvalue weighted by atomic mass is 10.0. The fourth-order valence-electron chi connectivity index (χ4n) is 2.79. The minimum Gasteiger partial charge on any atom is -0.354 e. The number of fused-ring (bicyclic) bond motifs is 1. The zero-order valence-corrected chi connectivity index (χ0v) is 13.9. The molecule has 3 rings (SSSR count). The van der Waals surface area contributed by atoms with Crippen LogP contribution in [0.4, 0.5) is 10.3 Å². The van der Waals surface area contributed by atoms with E-state index in [1.165, 1.54) is 6.07 Å². The van der Waals surface area contributed by atoms with Crippen LogP contribution >= 0.6 is 0 Å². The van der Waals surface area contributed by atoms with Crippen molar-refractivity contribution in [2.75, 3.05) is 11.9 Å². The standard InChI is InChI=1S/C18H19FN4O/c1-4-20-18-21-11(3)13-10-14(12-8-6-7-9-15(12)19)17(24)23(5-2)16(13)22-18/h6-10H,4-5H2,1-3H3,(H,20,21,22). The highest BCUT2D eigenvalue weighted by Gasteiger charge is 2.16. The van der Waals surface area contributed by atoms with Gasteiger partial charge in [-0.25, -0.2) is 9.37 Å². The molecule has 24 heavy (non-hydrogen) atoms. The molecule has 0 saturated heterocycles. The van der Waals surface area contributed by atoms with Gasteiger partial charge in [-0.15, -0.1) is 0 Å². The Bertz CT molecular complexity index is 965. The molecule has 0 aliphatic rings. The van der Waals surface area contributed by atoms with E-state index in [2.05, 4.69) is 15.3 Å². The number of pyridine rings is 1.